The van der Waals surface area contributed by atoms with Crippen LogP contribution in [0.2, 0.25) is 0 Å². The van der Waals surface area contributed by atoms with Gasteiger partial charge in [0.05, 0.1) is 18.6 Å². The van der Waals surface area contributed by atoms with E-state index in [0.717, 1.165) is 0 Å². The number of carbonyl (C=O) groups is 2. The van der Waals surface area contributed by atoms with Gasteiger partial charge in [0, 0.05) is 0 Å². The van der Waals surface area contributed by atoms with E-state index in [-0.39, 0.29) is 18.5 Å². The number of alkyl carbamates (subject to hydrolysis) is 1. The molecule has 0 aromatic heterocycles. The van der Waals surface area contributed by atoms with Gasteiger partial charge in [-0.1, -0.05) is 6.92 Å². The molecular formula is C12H21NO5. The van der Waals surface area contributed by atoms with E-state index in [0.29, 0.717) is 6.42 Å². The smallest absolute Gasteiger partial charge is 0.408 e. The first kappa shape index (κ1) is 14.8. The number of esters is 1. The zero-order chi connectivity index (χ0) is 13.9. The second-order valence-corrected chi connectivity index (χ2v) is 5.55. The summed E-state index contributed by atoms with van der Waals surface area (Å²) in [5.74, 6) is -0.506. The van der Waals surface area contributed by atoms with Crippen LogP contribution in [0.15, 0.2) is 0 Å². The highest BCUT2D eigenvalue weighted by Crippen LogP contribution is 2.23. The van der Waals surface area contributed by atoms with Gasteiger partial charge in [-0.3, -0.25) is 4.79 Å². The summed E-state index contributed by atoms with van der Waals surface area (Å²) < 4.78 is 10.2. The van der Waals surface area contributed by atoms with Gasteiger partial charge in [-0.15, -0.1) is 0 Å². The molecule has 0 radical (unpaired) electrons. The Hall–Kier alpha value is -1.30. The molecule has 104 valence electrons. The first-order valence-corrected chi connectivity index (χ1v) is 6.04. The molecule has 1 heterocycles. The molecule has 0 unspecified atom stereocenters. The van der Waals surface area contributed by atoms with Gasteiger partial charge >= 0.3 is 12.1 Å². The zero-order valence-electron chi connectivity index (χ0n) is 11.2. The van der Waals surface area contributed by atoms with Crippen molar-refractivity contribution in [1.82, 2.24) is 5.32 Å². The van der Waals surface area contributed by atoms with Crippen LogP contribution in [0.1, 0.15) is 34.1 Å². The van der Waals surface area contributed by atoms with Gasteiger partial charge < -0.3 is 19.9 Å². The van der Waals surface area contributed by atoms with E-state index in [1.807, 2.05) is 0 Å². The summed E-state index contributed by atoms with van der Waals surface area (Å²) in [4.78, 5) is 22.8. The monoisotopic (exact) mass is 259 g/mol. The lowest BCUT2D eigenvalue weighted by Crippen LogP contribution is -2.47. The Balaban J connectivity index is 2.53. The molecule has 1 aliphatic rings. The summed E-state index contributed by atoms with van der Waals surface area (Å²) in [6.45, 7) is 6.70. The quantitative estimate of drug-likeness (QED) is 0.733. The lowest BCUT2D eigenvalue weighted by molar-refractivity contribution is -0.145. The normalized spacial score (nSPS) is 25.5. The van der Waals surface area contributed by atoms with Crippen LogP contribution >= 0.6 is 0 Å². The second-order valence-electron chi connectivity index (χ2n) is 5.55. The van der Waals surface area contributed by atoms with E-state index >= 15 is 0 Å². The van der Waals surface area contributed by atoms with Crippen molar-refractivity contribution in [3.05, 3.63) is 0 Å². The van der Waals surface area contributed by atoms with Crippen molar-refractivity contribution in [1.29, 1.82) is 0 Å². The van der Waals surface area contributed by atoms with Crippen LogP contribution in [-0.4, -0.2) is 41.5 Å². The number of carbonyl (C=O) groups excluding carboxylic acids is 2. The van der Waals surface area contributed by atoms with Crippen LogP contribution in [0.5, 0.6) is 0 Å². The van der Waals surface area contributed by atoms with E-state index in [4.69, 9.17) is 9.47 Å². The molecule has 1 fully saturated rings. The Kier molecular flexibility index (Phi) is 4.56. The Morgan fingerprint density at radius 2 is 2.22 bits per heavy atom. The van der Waals surface area contributed by atoms with Gasteiger partial charge in [0.25, 0.3) is 0 Å². The van der Waals surface area contributed by atoms with Crippen LogP contribution in [0, 0.1) is 5.92 Å². The summed E-state index contributed by atoms with van der Waals surface area (Å²) >= 11 is 0. The second kappa shape index (κ2) is 5.56. The van der Waals surface area contributed by atoms with Crippen molar-refractivity contribution in [3.8, 4) is 0 Å². The van der Waals surface area contributed by atoms with Gasteiger partial charge in [-0.05, 0) is 27.2 Å². The summed E-state index contributed by atoms with van der Waals surface area (Å²) in [6.07, 6.45) is -0.637. The number of hydrogen-bond acceptors (Lipinski definition) is 5. The molecule has 2 N–H and O–H groups in total. The number of amides is 1. The highest BCUT2D eigenvalue weighted by molar-refractivity contribution is 5.74. The summed E-state index contributed by atoms with van der Waals surface area (Å²) in [5, 5.41) is 11.8. The fraction of sp³-hybridized carbons (Fsp3) is 0.833. The average Bonchev–Trinajstić information content (AvgIpc) is 2.53. The Morgan fingerprint density at radius 3 is 2.61 bits per heavy atom. The number of hydrogen-bond donors (Lipinski definition) is 2. The maximum Gasteiger partial charge on any atom is 0.408 e. The third-order valence-electron chi connectivity index (χ3n) is 2.60. The average molecular weight is 259 g/mol. The molecular weight excluding hydrogens is 238 g/mol. The summed E-state index contributed by atoms with van der Waals surface area (Å²) in [5.41, 5.74) is -0.607. The molecule has 1 rings (SSSR count). The Morgan fingerprint density at radius 1 is 1.61 bits per heavy atom. The molecule has 0 aromatic rings. The molecule has 1 amide bonds. The molecule has 6 nitrogen and oxygen atoms in total. The standard InChI is InChI=1S/C12H21NO5/c1-7-5-9(17-10(7)15)8(6-14)13-11(16)18-12(2,3)4/h7-9,14H,5-6H2,1-4H3,(H,13,16)/t7-,8+,9+/m1/s1. The van der Waals surface area contributed by atoms with Gasteiger partial charge in [0.2, 0.25) is 0 Å². The van der Waals surface area contributed by atoms with Crippen LogP contribution in [-0.2, 0) is 14.3 Å². The van der Waals surface area contributed by atoms with E-state index in [9.17, 15) is 14.7 Å². The molecule has 0 saturated carbocycles. The topological polar surface area (TPSA) is 84.9 Å². The molecule has 1 aliphatic heterocycles. The molecule has 0 bridgehead atoms. The number of aliphatic hydroxyl groups is 1. The number of nitrogens with one attached hydrogen (secondary N) is 1. The Bertz CT molecular complexity index is 323. The minimum atomic E-state index is -0.631. The van der Waals surface area contributed by atoms with Gasteiger partial charge in [-0.2, -0.15) is 0 Å². The Labute approximate surface area is 107 Å². The lowest BCUT2D eigenvalue weighted by atomic mass is 10.0. The largest absolute Gasteiger partial charge is 0.460 e. The summed E-state index contributed by atoms with van der Waals surface area (Å²) in [7, 11) is 0. The molecule has 0 aliphatic carbocycles. The number of aliphatic hydroxyl groups excluding tert-OH is 1. The van der Waals surface area contributed by atoms with Crippen molar-refractivity contribution in [2.45, 2.75) is 51.9 Å². The van der Waals surface area contributed by atoms with E-state index in [1.165, 1.54) is 0 Å². The van der Waals surface area contributed by atoms with Crippen molar-refractivity contribution in [3.63, 3.8) is 0 Å². The third kappa shape index (κ3) is 4.18. The van der Waals surface area contributed by atoms with Crippen molar-refractivity contribution >= 4 is 12.1 Å². The van der Waals surface area contributed by atoms with Gasteiger partial charge in [0.15, 0.2) is 0 Å². The molecule has 3 atom stereocenters. The maximum atomic E-state index is 11.6. The minimum Gasteiger partial charge on any atom is -0.460 e. The predicted octanol–water partition coefficient (Wildman–Crippen LogP) is 0.824. The van der Waals surface area contributed by atoms with Crippen molar-refractivity contribution < 1.29 is 24.2 Å². The highest BCUT2D eigenvalue weighted by Gasteiger charge is 2.37. The van der Waals surface area contributed by atoms with Crippen LogP contribution < -0.4 is 5.32 Å². The van der Waals surface area contributed by atoms with Crippen molar-refractivity contribution in [2.24, 2.45) is 5.92 Å². The SMILES string of the molecule is C[C@@H]1C[C@@H]([C@H](CO)NC(=O)OC(C)(C)C)OC1=O. The molecule has 0 aromatic carbocycles. The number of cyclic esters (lactones) is 1. The maximum absolute atomic E-state index is 11.6. The first-order valence-electron chi connectivity index (χ1n) is 6.04. The molecule has 6 heteroatoms. The molecule has 18 heavy (non-hydrogen) atoms. The lowest BCUT2D eigenvalue weighted by Gasteiger charge is -2.25. The first-order chi connectivity index (χ1) is 8.23. The van der Waals surface area contributed by atoms with Crippen LogP contribution in [0.4, 0.5) is 4.79 Å². The minimum absolute atomic E-state index is 0.204. The van der Waals surface area contributed by atoms with Crippen LogP contribution in [0.25, 0.3) is 0 Å². The number of ether oxygens (including phenoxy) is 2. The fourth-order valence-corrected chi connectivity index (χ4v) is 1.72. The molecule has 1 saturated heterocycles. The number of rotatable bonds is 3. The predicted molar refractivity (Wildman–Crippen MR) is 63.9 cm³/mol. The van der Waals surface area contributed by atoms with Gasteiger partial charge in [-0.25, -0.2) is 4.79 Å². The third-order valence-corrected chi connectivity index (χ3v) is 2.60. The fourth-order valence-electron chi connectivity index (χ4n) is 1.72. The van der Waals surface area contributed by atoms with E-state index in [2.05, 4.69) is 5.32 Å². The zero-order valence-corrected chi connectivity index (χ0v) is 11.2. The molecule has 0 spiro atoms. The highest BCUT2D eigenvalue weighted by atomic mass is 16.6. The van der Waals surface area contributed by atoms with E-state index < -0.39 is 23.8 Å². The van der Waals surface area contributed by atoms with Crippen molar-refractivity contribution in [2.75, 3.05) is 6.61 Å². The van der Waals surface area contributed by atoms with Crippen LogP contribution in [0.3, 0.4) is 0 Å². The summed E-state index contributed by atoms with van der Waals surface area (Å²) in [6, 6.07) is -0.631. The van der Waals surface area contributed by atoms with E-state index in [1.54, 1.807) is 27.7 Å². The van der Waals surface area contributed by atoms with Gasteiger partial charge in [0.1, 0.15) is 11.7 Å².